The van der Waals surface area contributed by atoms with Crippen LogP contribution in [-0.4, -0.2) is 11.5 Å². The molecule has 1 aliphatic rings. The van der Waals surface area contributed by atoms with Gasteiger partial charge in [-0.3, -0.25) is 0 Å². The maximum absolute atomic E-state index is 9.88. The molecule has 0 aromatic rings. The highest BCUT2D eigenvalue weighted by molar-refractivity contribution is 6.25. The Hall–Kier alpha value is 0.250. The molecule has 1 saturated carbocycles. The van der Waals surface area contributed by atoms with Crippen molar-refractivity contribution in [1.82, 2.24) is 0 Å². The van der Waals surface area contributed by atoms with Gasteiger partial charge in [0.25, 0.3) is 0 Å². The topological polar surface area (TPSA) is 19.9 Å². The van der Waals surface area contributed by atoms with E-state index in [0.717, 1.165) is 12.8 Å². The lowest BCUT2D eigenvalue weighted by molar-refractivity contribution is 0.187. The maximum Gasteiger partial charge on any atom is 0.101 e. The summed E-state index contributed by atoms with van der Waals surface area (Å²) in [5.41, 5.74) is 0. The number of rotatable bonds is 1. The third-order valence-electron chi connectivity index (χ3n) is 1.05. The quantitative estimate of drug-likeness (QED) is 0.447. The zero-order valence-electron chi connectivity index (χ0n) is 3.41. The Bertz CT molecular complexity index is 58.6. The lowest BCUT2D eigenvalue weighted by atomic mass is 10.5. The van der Waals surface area contributed by atoms with Crippen molar-refractivity contribution >= 4 is 11.6 Å². The summed E-state index contributed by atoms with van der Waals surface area (Å²) >= 11 is 5.52. The number of hydrogen-bond acceptors (Lipinski definition) is 0. The van der Waals surface area contributed by atoms with E-state index in [0.29, 0.717) is 0 Å². The lowest BCUT2D eigenvalue weighted by Gasteiger charge is -1.90. The van der Waals surface area contributed by atoms with E-state index in [4.69, 9.17) is 11.6 Å². The second kappa shape index (κ2) is 1.11. The van der Waals surface area contributed by atoms with Crippen LogP contribution in [0.15, 0.2) is 0 Å². The molecule has 0 heterocycles. The molecule has 0 atom stereocenters. The summed E-state index contributed by atoms with van der Waals surface area (Å²) in [7, 11) is 0. The van der Waals surface area contributed by atoms with Gasteiger partial charge in [-0.05, 0) is 12.8 Å². The van der Waals surface area contributed by atoms with Gasteiger partial charge in [0.05, 0.1) is 4.87 Å². The minimum atomic E-state index is -0.292. The highest BCUT2D eigenvalue weighted by Crippen LogP contribution is 2.41. The average Bonchev–Trinajstić information content (AvgIpc) is 2.22. The van der Waals surface area contributed by atoms with E-state index in [9.17, 15) is 5.11 Å². The van der Waals surface area contributed by atoms with Gasteiger partial charge in [-0.1, -0.05) is 0 Å². The van der Waals surface area contributed by atoms with Crippen LogP contribution in [0.25, 0.3) is 0 Å². The zero-order valence-corrected chi connectivity index (χ0v) is 4.16. The van der Waals surface area contributed by atoms with E-state index in [2.05, 4.69) is 0 Å². The summed E-state index contributed by atoms with van der Waals surface area (Å²) in [6.45, 7) is -0.103. The molecule has 6 heavy (non-hydrogen) atoms. The van der Waals surface area contributed by atoms with E-state index < -0.39 is 0 Å². The van der Waals surface area contributed by atoms with Crippen LogP contribution in [0.4, 0.5) is 0 Å². The first-order valence-electron chi connectivity index (χ1n) is 2.04. The number of hydrogen-bond donors (Lipinski definition) is 0. The van der Waals surface area contributed by atoms with Gasteiger partial charge in [-0.2, -0.15) is 0 Å². The highest BCUT2D eigenvalue weighted by Gasteiger charge is 2.40. The molecule has 35 valence electrons. The van der Waals surface area contributed by atoms with Crippen molar-refractivity contribution in [3.63, 3.8) is 0 Å². The molecule has 0 spiro atoms. The second-order valence-electron chi connectivity index (χ2n) is 1.80. The van der Waals surface area contributed by atoms with E-state index in [1.807, 2.05) is 0 Å². The summed E-state index contributed by atoms with van der Waals surface area (Å²) in [5, 5.41) is 9.88. The normalized spacial score (nSPS) is 27.0. The molecular weight excluding hydrogens is 99.5 g/mol. The minimum absolute atomic E-state index is 0.103. The molecular formula is C4H6ClO. The fourth-order valence-corrected chi connectivity index (χ4v) is 0.374. The molecule has 0 N–H and O–H groups in total. The van der Waals surface area contributed by atoms with Crippen molar-refractivity contribution in [3.8, 4) is 0 Å². The minimum Gasteiger partial charge on any atom is -0.235 e. The summed E-state index contributed by atoms with van der Waals surface area (Å²) in [6, 6.07) is 0. The highest BCUT2D eigenvalue weighted by atomic mass is 35.5. The summed E-state index contributed by atoms with van der Waals surface area (Å²) < 4.78 is 0. The lowest BCUT2D eigenvalue weighted by Crippen LogP contribution is -2.00. The predicted octanol–water partition coefficient (Wildman–Crippen LogP) is 1.19. The van der Waals surface area contributed by atoms with Gasteiger partial charge in [0.2, 0.25) is 0 Å². The Balaban J connectivity index is 2.28. The van der Waals surface area contributed by atoms with Gasteiger partial charge in [0, 0.05) is 0 Å². The van der Waals surface area contributed by atoms with Crippen LogP contribution in [0.2, 0.25) is 0 Å². The third-order valence-corrected chi connectivity index (χ3v) is 1.54. The molecule has 1 fully saturated rings. The standard InChI is InChI=1S/C4H6ClO/c5-4(3-6)1-2-4/h1-3H2. The van der Waals surface area contributed by atoms with Gasteiger partial charge in [-0.25, -0.2) is 5.11 Å². The van der Waals surface area contributed by atoms with E-state index in [-0.39, 0.29) is 11.5 Å². The number of alkyl halides is 1. The molecule has 1 aliphatic carbocycles. The molecule has 0 unspecified atom stereocenters. The van der Waals surface area contributed by atoms with Crippen molar-refractivity contribution in [1.29, 1.82) is 0 Å². The third kappa shape index (κ3) is 0.660. The predicted molar refractivity (Wildman–Crippen MR) is 23.4 cm³/mol. The van der Waals surface area contributed by atoms with Crippen LogP contribution in [0.3, 0.4) is 0 Å². The Morgan fingerprint density at radius 1 is 1.67 bits per heavy atom. The first kappa shape index (κ1) is 4.41. The van der Waals surface area contributed by atoms with Crippen LogP contribution in [0.1, 0.15) is 12.8 Å². The summed E-state index contributed by atoms with van der Waals surface area (Å²) in [5.74, 6) is 0. The van der Waals surface area contributed by atoms with Crippen molar-refractivity contribution in [2.24, 2.45) is 0 Å². The molecule has 1 rings (SSSR count). The average molecular weight is 106 g/mol. The van der Waals surface area contributed by atoms with Crippen LogP contribution < -0.4 is 0 Å². The molecule has 1 nitrogen and oxygen atoms in total. The molecule has 0 aliphatic heterocycles. The first-order valence-corrected chi connectivity index (χ1v) is 2.42. The van der Waals surface area contributed by atoms with E-state index in [1.54, 1.807) is 0 Å². The molecule has 0 aromatic heterocycles. The van der Waals surface area contributed by atoms with Crippen LogP contribution >= 0.6 is 11.6 Å². The van der Waals surface area contributed by atoms with Gasteiger partial charge in [0.15, 0.2) is 0 Å². The van der Waals surface area contributed by atoms with Crippen molar-refractivity contribution in [2.75, 3.05) is 6.61 Å². The molecule has 2 heteroatoms. The van der Waals surface area contributed by atoms with Crippen molar-refractivity contribution < 1.29 is 5.11 Å². The largest absolute Gasteiger partial charge is 0.235 e. The number of halogens is 1. The smallest absolute Gasteiger partial charge is 0.101 e. The summed E-state index contributed by atoms with van der Waals surface area (Å²) in [4.78, 5) is -0.292. The molecule has 0 bridgehead atoms. The fraction of sp³-hybridized carbons (Fsp3) is 1.00. The van der Waals surface area contributed by atoms with Crippen molar-refractivity contribution in [3.05, 3.63) is 0 Å². The first-order chi connectivity index (χ1) is 2.77. The SMILES string of the molecule is [O]CC1(Cl)CC1. The Morgan fingerprint density at radius 3 is 2.17 bits per heavy atom. The van der Waals surface area contributed by atoms with Gasteiger partial charge >= 0.3 is 0 Å². The molecule has 0 amide bonds. The van der Waals surface area contributed by atoms with Crippen LogP contribution in [0.5, 0.6) is 0 Å². The zero-order chi connectivity index (χ0) is 4.62. The maximum atomic E-state index is 9.88. The molecule has 0 aromatic carbocycles. The fourth-order valence-electron chi connectivity index (χ4n) is 0.280. The molecule has 0 saturated heterocycles. The second-order valence-corrected chi connectivity index (χ2v) is 2.60. The Labute approximate surface area is 41.9 Å². The summed E-state index contributed by atoms with van der Waals surface area (Å²) in [6.07, 6.45) is 1.86. The van der Waals surface area contributed by atoms with Crippen LogP contribution in [0, 0.1) is 0 Å². The van der Waals surface area contributed by atoms with Crippen LogP contribution in [-0.2, 0) is 5.11 Å². The van der Waals surface area contributed by atoms with E-state index >= 15 is 0 Å². The Morgan fingerprint density at radius 2 is 2.17 bits per heavy atom. The van der Waals surface area contributed by atoms with Gasteiger partial charge < -0.3 is 0 Å². The van der Waals surface area contributed by atoms with Gasteiger partial charge in [0.1, 0.15) is 6.61 Å². The monoisotopic (exact) mass is 105 g/mol. The Kier molecular flexibility index (Phi) is 0.815. The molecule has 1 radical (unpaired) electrons. The van der Waals surface area contributed by atoms with Crippen molar-refractivity contribution in [2.45, 2.75) is 17.7 Å². The van der Waals surface area contributed by atoms with E-state index in [1.165, 1.54) is 0 Å². The van der Waals surface area contributed by atoms with Gasteiger partial charge in [-0.15, -0.1) is 11.6 Å².